The van der Waals surface area contributed by atoms with Crippen molar-refractivity contribution in [3.05, 3.63) is 36.3 Å². The zero-order valence-electron chi connectivity index (χ0n) is 8.16. The van der Waals surface area contributed by atoms with Gasteiger partial charge in [0.2, 0.25) is 0 Å². The molecule has 0 saturated heterocycles. The summed E-state index contributed by atoms with van der Waals surface area (Å²) in [6.45, 7) is 0. The first-order valence-corrected chi connectivity index (χ1v) is 5.22. The van der Waals surface area contributed by atoms with E-state index in [1.165, 1.54) is 11.8 Å². The van der Waals surface area contributed by atoms with E-state index in [9.17, 15) is 0 Å². The molecule has 7 heteroatoms. The molecule has 6 nitrogen and oxygen atoms in total. The number of oxime groups is 1. The first kappa shape index (κ1) is 10.5. The van der Waals surface area contributed by atoms with Crippen LogP contribution in [0, 0.1) is 0 Å². The number of amidine groups is 1. The Morgan fingerprint density at radius 1 is 1.44 bits per heavy atom. The Bertz CT molecular complexity index is 496. The van der Waals surface area contributed by atoms with Gasteiger partial charge in [0.15, 0.2) is 11.0 Å². The molecule has 2 aromatic heterocycles. The van der Waals surface area contributed by atoms with Crippen LogP contribution in [0.2, 0.25) is 0 Å². The van der Waals surface area contributed by atoms with Crippen molar-refractivity contribution >= 4 is 17.6 Å². The predicted octanol–water partition coefficient (Wildman–Crippen LogP) is 1.05. The molecule has 2 heterocycles. The van der Waals surface area contributed by atoms with E-state index in [1.54, 1.807) is 30.7 Å². The van der Waals surface area contributed by atoms with Gasteiger partial charge in [0.25, 0.3) is 0 Å². The number of hydrogen-bond acceptors (Lipinski definition) is 5. The van der Waals surface area contributed by atoms with Gasteiger partial charge < -0.3 is 15.9 Å². The number of imidazole rings is 1. The van der Waals surface area contributed by atoms with Gasteiger partial charge in [0.1, 0.15) is 5.03 Å². The molecule has 0 amide bonds. The zero-order valence-corrected chi connectivity index (χ0v) is 8.98. The Balaban J connectivity index is 2.23. The van der Waals surface area contributed by atoms with Crippen LogP contribution < -0.4 is 5.73 Å². The molecule has 0 aliphatic heterocycles. The lowest BCUT2D eigenvalue weighted by Crippen LogP contribution is -2.13. The summed E-state index contributed by atoms with van der Waals surface area (Å²) in [7, 11) is 0. The van der Waals surface area contributed by atoms with Crippen molar-refractivity contribution in [2.24, 2.45) is 10.9 Å². The largest absolute Gasteiger partial charge is 0.409 e. The molecule has 0 bridgehead atoms. The number of hydrogen-bond donors (Lipinski definition) is 3. The summed E-state index contributed by atoms with van der Waals surface area (Å²) >= 11 is 1.37. The van der Waals surface area contributed by atoms with E-state index in [-0.39, 0.29) is 5.84 Å². The van der Waals surface area contributed by atoms with Gasteiger partial charge in [0.05, 0.1) is 0 Å². The van der Waals surface area contributed by atoms with Crippen LogP contribution in [0.5, 0.6) is 0 Å². The minimum absolute atomic E-state index is 0.0590. The number of rotatable bonds is 3. The maximum Gasteiger partial charge on any atom is 0.171 e. The Labute approximate surface area is 95.6 Å². The first-order valence-electron chi connectivity index (χ1n) is 4.41. The van der Waals surface area contributed by atoms with Crippen molar-refractivity contribution < 1.29 is 5.21 Å². The molecule has 0 radical (unpaired) electrons. The highest BCUT2D eigenvalue weighted by atomic mass is 32.2. The van der Waals surface area contributed by atoms with Gasteiger partial charge in [-0.3, -0.25) is 0 Å². The van der Waals surface area contributed by atoms with Crippen LogP contribution in [0.15, 0.2) is 46.1 Å². The van der Waals surface area contributed by atoms with Crippen molar-refractivity contribution in [3.63, 3.8) is 0 Å². The third-order valence-corrected chi connectivity index (χ3v) is 2.66. The van der Waals surface area contributed by atoms with Crippen LogP contribution in [-0.4, -0.2) is 26.0 Å². The summed E-state index contributed by atoms with van der Waals surface area (Å²) in [5.74, 6) is 0.0590. The number of nitrogens with zero attached hydrogens (tertiary/aromatic N) is 3. The van der Waals surface area contributed by atoms with E-state index < -0.39 is 0 Å². The summed E-state index contributed by atoms with van der Waals surface area (Å²) in [6.07, 6.45) is 4.99. The van der Waals surface area contributed by atoms with Gasteiger partial charge in [-0.25, -0.2) is 9.97 Å². The van der Waals surface area contributed by atoms with Gasteiger partial charge >= 0.3 is 0 Å². The zero-order chi connectivity index (χ0) is 11.4. The average Bonchev–Trinajstić information content (AvgIpc) is 2.81. The fourth-order valence-corrected chi connectivity index (χ4v) is 1.83. The minimum atomic E-state index is 0.0590. The van der Waals surface area contributed by atoms with Crippen molar-refractivity contribution in [1.82, 2.24) is 15.0 Å². The van der Waals surface area contributed by atoms with Crippen LogP contribution in [-0.2, 0) is 0 Å². The summed E-state index contributed by atoms with van der Waals surface area (Å²) < 4.78 is 0. The van der Waals surface area contributed by atoms with Crippen molar-refractivity contribution in [2.45, 2.75) is 10.2 Å². The van der Waals surface area contributed by atoms with Gasteiger partial charge in [-0.1, -0.05) is 5.16 Å². The highest BCUT2D eigenvalue weighted by Crippen LogP contribution is 2.22. The van der Waals surface area contributed by atoms with E-state index in [0.717, 1.165) is 10.2 Å². The molecule has 0 unspecified atom stereocenters. The second kappa shape index (κ2) is 4.67. The lowest BCUT2D eigenvalue weighted by molar-refractivity contribution is 0.318. The standard InChI is InChI=1S/C9H9N5OS/c10-8(14-15)6-1-2-11-7(5-6)16-9-12-3-4-13-9/h1-5,15H,(H2,10,14)(H,12,13). The monoisotopic (exact) mass is 235 g/mol. The number of nitrogens with one attached hydrogen (secondary N) is 1. The molecule has 0 aromatic carbocycles. The molecular weight excluding hydrogens is 226 g/mol. The highest BCUT2D eigenvalue weighted by molar-refractivity contribution is 7.99. The Hall–Kier alpha value is -2.02. The highest BCUT2D eigenvalue weighted by Gasteiger charge is 2.04. The molecule has 82 valence electrons. The van der Waals surface area contributed by atoms with E-state index in [2.05, 4.69) is 20.1 Å². The molecule has 0 fully saturated rings. The lowest BCUT2D eigenvalue weighted by Gasteiger charge is -2.00. The van der Waals surface area contributed by atoms with Gasteiger partial charge in [-0.05, 0) is 23.9 Å². The van der Waals surface area contributed by atoms with Crippen LogP contribution in [0.3, 0.4) is 0 Å². The summed E-state index contributed by atoms with van der Waals surface area (Å²) in [6, 6.07) is 3.39. The molecule has 16 heavy (non-hydrogen) atoms. The van der Waals surface area contributed by atoms with E-state index in [4.69, 9.17) is 10.9 Å². The number of aromatic amines is 1. The molecule has 0 saturated carbocycles. The van der Waals surface area contributed by atoms with Crippen LogP contribution in [0.4, 0.5) is 0 Å². The molecule has 2 rings (SSSR count). The number of pyridine rings is 1. The second-order valence-corrected chi connectivity index (χ2v) is 3.87. The Morgan fingerprint density at radius 3 is 3.00 bits per heavy atom. The SMILES string of the molecule is N/C(=N/O)c1ccnc(Sc2ncc[nH]2)c1. The maximum absolute atomic E-state index is 8.55. The summed E-state index contributed by atoms with van der Waals surface area (Å²) in [5.41, 5.74) is 6.09. The number of H-pyrrole nitrogens is 1. The Morgan fingerprint density at radius 2 is 2.31 bits per heavy atom. The normalized spacial score (nSPS) is 11.6. The van der Waals surface area contributed by atoms with E-state index >= 15 is 0 Å². The van der Waals surface area contributed by atoms with Crippen molar-refractivity contribution in [1.29, 1.82) is 0 Å². The average molecular weight is 235 g/mol. The lowest BCUT2D eigenvalue weighted by atomic mass is 10.2. The number of nitrogens with two attached hydrogens (primary N) is 1. The molecule has 0 atom stereocenters. The molecule has 0 aliphatic carbocycles. The smallest absolute Gasteiger partial charge is 0.171 e. The molecule has 0 spiro atoms. The Kier molecular flexibility index (Phi) is 3.06. The molecule has 0 aliphatic rings. The second-order valence-electron chi connectivity index (χ2n) is 2.86. The molecule has 4 N–H and O–H groups in total. The van der Waals surface area contributed by atoms with E-state index in [0.29, 0.717) is 5.56 Å². The first-order chi connectivity index (χ1) is 7.79. The maximum atomic E-state index is 8.55. The van der Waals surface area contributed by atoms with Crippen molar-refractivity contribution in [3.8, 4) is 0 Å². The van der Waals surface area contributed by atoms with Crippen LogP contribution >= 0.6 is 11.8 Å². The van der Waals surface area contributed by atoms with Crippen LogP contribution in [0.1, 0.15) is 5.56 Å². The fraction of sp³-hybridized carbons (Fsp3) is 0. The molecule has 2 aromatic rings. The minimum Gasteiger partial charge on any atom is -0.409 e. The van der Waals surface area contributed by atoms with Crippen LogP contribution in [0.25, 0.3) is 0 Å². The molecular formula is C9H9N5OS. The summed E-state index contributed by atoms with van der Waals surface area (Å²) in [5, 5.41) is 12.9. The van der Waals surface area contributed by atoms with Gasteiger partial charge in [-0.2, -0.15) is 0 Å². The summed E-state index contributed by atoms with van der Waals surface area (Å²) in [4.78, 5) is 11.2. The third-order valence-electron chi connectivity index (χ3n) is 1.81. The third kappa shape index (κ3) is 2.31. The topological polar surface area (TPSA) is 100 Å². The fourth-order valence-electron chi connectivity index (χ4n) is 1.09. The van der Waals surface area contributed by atoms with Gasteiger partial charge in [0, 0.05) is 24.2 Å². The van der Waals surface area contributed by atoms with Crippen molar-refractivity contribution in [2.75, 3.05) is 0 Å². The quantitative estimate of drug-likeness (QED) is 0.319. The van der Waals surface area contributed by atoms with Gasteiger partial charge in [-0.15, -0.1) is 0 Å². The van der Waals surface area contributed by atoms with E-state index in [1.807, 2.05) is 0 Å². The predicted molar refractivity (Wildman–Crippen MR) is 59.5 cm³/mol. The number of aromatic nitrogens is 3.